The molecule has 3 rings (SSSR count). The molecule has 2 aromatic rings. The Hall–Kier alpha value is -2.43. The summed E-state index contributed by atoms with van der Waals surface area (Å²) in [5.41, 5.74) is 0.889. The molecule has 0 N–H and O–H groups in total. The van der Waals surface area contributed by atoms with Crippen LogP contribution in [0, 0.1) is 0 Å². The monoisotopic (exact) mass is 567 g/mol. The Bertz CT molecular complexity index is 1080. The van der Waals surface area contributed by atoms with E-state index in [4.69, 9.17) is 4.74 Å². The van der Waals surface area contributed by atoms with E-state index in [1.54, 1.807) is 42.5 Å². The Balaban J connectivity index is 1.80. The molecule has 1 aliphatic heterocycles. The van der Waals surface area contributed by atoms with Gasteiger partial charge in [-0.3, -0.25) is 19.3 Å². The first kappa shape index (κ1) is 23.2. The first-order valence-corrected chi connectivity index (χ1v) is 11.2. The Morgan fingerprint density at radius 3 is 2.42 bits per heavy atom. The van der Waals surface area contributed by atoms with Gasteiger partial charge in [0.2, 0.25) is 0 Å². The summed E-state index contributed by atoms with van der Waals surface area (Å²) in [6.07, 6.45) is 1.49. The number of carbonyl (C=O) groups excluding carboxylic acids is 4. The summed E-state index contributed by atoms with van der Waals surface area (Å²) in [5, 5.41) is -0.534. The second-order valence-corrected chi connectivity index (χ2v) is 9.07. The van der Waals surface area contributed by atoms with Crippen LogP contribution in [0.15, 0.2) is 56.3 Å². The number of imide groups is 1. The SMILES string of the molecule is COC(=O)COc1ccc(Br)cc1/C=C1/SC(=O)N(CC(=O)c2ccc(Br)cc2)C1=O. The van der Waals surface area contributed by atoms with Gasteiger partial charge >= 0.3 is 5.97 Å². The van der Waals surface area contributed by atoms with Crippen LogP contribution < -0.4 is 4.74 Å². The van der Waals surface area contributed by atoms with Gasteiger partial charge in [0.15, 0.2) is 12.4 Å². The highest BCUT2D eigenvalue weighted by Crippen LogP contribution is 2.35. The largest absolute Gasteiger partial charge is 0.481 e. The Labute approximate surface area is 199 Å². The minimum absolute atomic E-state index is 0.148. The van der Waals surface area contributed by atoms with Crippen LogP contribution in [-0.4, -0.2) is 48.1 Å². The average Bonchev–Trinajstić information content (AvgIpc) is 3.00. The molecule has 1 aliphatic rings. The van der Waals surface area contributed by atoms with E-state index in [1.807, 2.05) is 0 Å². The minimum atomic E-state index is -0.570. The van der Waals surface area contributed by atoms with Crippen molar-refractivity contribution in [2.75, 3.05) is 20.3 Å². The number of ketones is 1. The van der Waals surface area contributed by atoms with Gasteiger partial charge in [-0.05, 0) is 48.2 Å². The van der Waals surface area contributed by atoms with Crippen molar-refractivity contribution in [2.45, 2.75) is 0 Å². The van der Waals surface area contributed by atoms with Crippen LogP contribution in [0.2, 0.25) is 0 Å². The number of esters is 1. The molecule has 0 saturated carbocycles. The molecule has 0 atom stereocenters. The molecule has 0 spiro atoms. The van der Waals surface area contributed by atoms with Gasteiger partial charge in [-0.2, -0.15) is 0 Å². The number of ether oxygens (including phenoxy) is 2. The van der Waals surface area contributed by atoms with Crippen LogP contribution >= 0.6 is 43.6 Å². The second kappa shape index (κ2) is 10.3. The van der Waals surface area contributed by atoms with Gasteiger partial charge < -0.3 is 9.47 Å². The van der Waals surface area contributed by atoms with Gasteiger partial charge in [-0.1, -0.05) is 44.0 Å². The molecular formula is C21H15Br2NO6S. The first-order chi connectivity index (χ1) is 14.8. The second-order valence-electron chi connectivity index (χ2n) is 6.24. The van der Waals surface area contributed by atoms with E-state index in [0.29, 0.717) is 21.3 Å². The number of nitrogens with zero attached hydrogens (tertiary/aromatic N) is 1. The zero-order chi connectivity index (χ0) is 22.5. The highest BCUT2D eigenvalue weighted by molar-refractivity contribution is 9.10. The predicted octanol–water partition coefficient (Wildman–Crippen LogP) is 4.68. The molecule has 160 valence electrons. The molecule has 0 aromatic heterocycles. The van der Waals surface area contributed by atoms with Crippen LogP contribution in [0.3, 0.4) is 0 Å². The van der Waals surface area contributed by atoms with Gasteiger partial charge in [0.1, 0.15) is 5.75 Å². The maximum absolute atomic E-state index is 12.8. The van der Waals surface area contributed by atoms with Crippen molar-refractivity contribution >= 4 is 72.6 Å². The predicted molar refractivity (Wildman–Crippen MR) is 123 cm³/mol. The number of benzene rings is 2. The molecule has 1 heterocycles. The number of carbonyl (C=O) groups is 4. The molecule has 0 unspecified atom stereocenters. The molecule has 7 nitrogen and oxygen atoms in total. The van der Waals surface area contributed by atoms with E-state index < -0.39 is 17.1 Å². The fourth-order valence-electron chi connectivity index (χ4n) is 2.61. The molecule has 1 fully saturated rings. The fourth-order valence-corrected chi connectivity index (χ4v) is 4.08. The lowest BCUT2D eigenvalue weighted by molar-refractivity contribution is -0.142. The number of amides is 2. The van der Waals surface area contributed by atoms with Crippen molar-refractivity contribution < 1.29 is 28.7 Å². The third kappa shape index (κ3) is 5.84. The lowest BCUT2D eigenvalue weighted by Crippen LogP contribution is -2.33. The zero-order valence-electron chi connectivity index (χ0n) is 16.1. The zero-order valence-corrected chi connectivity index (χ0v) is 20.1. The lowest BCUT2D eigenvalue weighted by Gasteiger charge is -2.11. The molecule has 0 bridgehead atoms. The molecule has 0 radical (unpaired) electrons. The summed E-state index contributed by atoms with van der Waals surface area (Å²) in [6.45, 7) is -0.657. The van der Waals surface area contributed by atoms with Crippen LogP contribution in [-0.2, 0) is 14.3 Å². The topological polar surface area (TPSA) is 90.0 Å². The maximum Gasteiger partial charge on any atom is 0.343 e. The molecule has 0 aliphatic carbocycles. The van der Waals surface area contributed by atoms with Crippen molar-refractivity contribution in [1.82, 2.24) is 4.90 Å². The third-order valence-electron chi connectivity index (χ3n) is 4.17. The van der Waals surface area contributed by atoms with E-state index in [-0.39, 0.29) is 23.8 Å². The van der Waals surface area contributed by atoms with Crippen molar-refractivity contribution in [3.63, 3.8) is 0 Å². The lowest BCUT2D eigenvalue weighted by atomic mass is 10.1. The number of hydrogen-bond donors (Lipinski definition) is 0. The van der Waals surface area contributed by atoms with Gasteiger partial charge in [0, 0.05) is 20.1 Å². The number of thioether (sulfide) groups is 1. The molecule has 31 heavy (non-hydrogen) atoms. The van der Waals surface area contributed by atoms with Gasteiger partial charge in [0.05, 0.1) is 18.6 Å². The van der Waals surface area contributed by atoms with Crippen LogP contribution in [0.5, 0.6) is 5.75 Å². The number of hydrogen-bond acceptors (Lipinski definition) is 7. The molecule has 2 amide bonds. The standard InChI is InChI=1S/C21H15Br2NO6S/c1-29-19(26)11-30-17-7-6-15(23)8-13(17)9-18-20(27)24(21(28)31-18)10-16(25)12-2-4-14(22)5-3-12/h2-9H,10-11H2,1H3/b18-9+. The Morgan fingerprint density at radius 2 is 1.74 bits per heavy atom. The van der Waals surface area contributed by atoms with Crippen LogP contribution in [0.4, 0.5) is 4.79 Å². The minimum Gasteiger partial charge on any atom is -0.481 e. The van der Waals surface area contributed by atoms with Crippen LogP contribution in [0.25, 0.3) is 6.08 Å². The smallest absolute Gasteiger partial charge is 0.343 e. The number of halogens is 2. The highest BCUT2D eigenvalue weighted by atomic mass is 79.9. The Morgan fingerprint density at radius 1 is 1.06 bits per heavy atom. The van der Waals surface area contributed by atoms with Crippen LogP contribution in [0.1, 0.15) is 15.9 Å². The van der Waals surface area contributed by atoms with Gasteiger partial charge in [-0.25, -0.2) is 4.79 Å². The number of rotatable bonds is 7. The fraction of sp³-hybridized carbons (Fsp3) is 0.143. The summed E-state index contributed by atoms with van der Waals surface area (Å²) >= 11 is 7.38. The molecule has 1 saturated heterocycles. The van der Waals surface area contributed by atoms with E-state index in [1.165, 1.54) is 13.2 Å². The molecule has 2 aromatic carbocycles. The van der Waals surface area contributed by atoms with E-state index in [9.17, 15) is 19.2 Å². The number of methoxy groups -OCH3 is 1. The summed E-state index contributed by atoms with van der Waals surface area (Å²) in [4.78, 5) is 50.1. The van der Waals surface area contributed by atoms with E-state index in [2.05, 4.69) is 36.6 Å². The van der Waals surface area contributed by atoms with E-state index >= 15 is 0 Å². The van der Waals surface area contributed by atoms with Crippen molar-refractivity contribution in [2.24, 2.45) is 0 Å². The quantitative estimate of drug-likeness (QED) is 0.272. The van der Waals surface area contributed by atoms with E-state index in [0.717, 1.165) is 21.1 Å². The van der Waals surface area contributed by atoms with Crippen molar-refractivity contribution in [1.29, 1.82) is 0 Å². The third-order valence-corrected chi connectivity index (χ3v) is 6.10. The number of Topliss-reactive ketones (excluding diaryl/α,β-unsaturated/α-hetero) is 1. The van der Waals surface area contributed by atoms with Gasteiger partial charge in [0.25, 0.3) is 11.1 Å². The maximum atomic E-state index is 12.8. The Kier molecular flexibility index (Phi) is 7.69. The van der Waals surface area contributed by atoms with Gasteiger partial charge in [-0.15, -0.1) is 0 Å². The van der Waals surface area contributed by atoms with Crippen molar-refractivity contribution in [3.05, 3.63) is 67.4 Å². The average molecular weight is 569 g/mol. The highest BCUT2D eigenvalue weighted by Gasteiger charge is 2.36. The summed E-state index contributed by atoms with van der Waals surface area (Å²) in [6, 6.07) is 11.7. The summed E-state index contributed by atoms with van der Waals surface area (Å²) in [7, 11) is 1.25. The summed E-state index contributed by atoms with van der Waals surface area (Å²) < 4.78 is 11.6. The molecular weight excluding hydrogens is 554 g/mol. The first-order valence-electron chi connectivity index (χ1n) is 8.82. The summed E-state index contributed by atoms with van der Waals surface area (Å²) in [5.74, 6) is -1.13. The normalized spacial score (nSPS) is 14.8. The molecule has 10 heteroatoms. The van der Waals surface area contributed by atoms with Crippen molar-refractivity contribution in [3.8, 4) is 5.75 Å².